The molecule has 4 N–H and O–H groups in total. The van der Waals surface area contributed by atoms with Crippen molar-refractivity contribution in [1.82, 2.24) is 15.2 Å². The highest BCUT2D eigenvalue weighted by Gasteiger charge is 2.35. The first-order valence-corrected chi connectivity index (χ1v) is 11.6. The molecule has 1 aliphatic heterocycles. The van der Waals surface area contributed by atoms with E-state index in [2.05, 4.69) is 34.4 Å². The molecule has 0 fully saturated rings. The maximum absolute atomic E-state index is 14.6. The highest BCUT2D eigenvalue weighted by molar-refractivity contribution is 6.37. The number of benzene rings is 1. The van der Waals surface area contributed by atoms with Gasteiger partial charge in [0.1, 0.15) is 5.82 Å². The van der Waals surface area contributed by atoms with Gasteiger partial charge in [-0.1, -0.05) is 13.8 Å². The number of carboxylic acids is 1. The average molecular weight is 469 g/mol. The maximum Gasteiger partial charge on any atom is 0.335 e. The summed E-state index contributed by atoms with van der Waals surface area (Å²) < 4.78 is 14.6. The van der Waals surface area contributed by atoms with Gasteiger partial charge in [0.25, 0.3) is 11.8 Å². The third-order valence-electron chi connectivity index (χ3n) is 6.66. The van der Waals surface area contributed by atoms with Gasteiger partial charge in [0.2, 0.25) is 0 Å². The van der Waals surface area contributed by atoms with Crippen molar-refractivity contribution < 1.29 is 23.9 Å². The molecule has 2 amide bonds. The normalized spacial score (nSPS) is 16.9. The van der Waals surface area contributed by atoms with Crippen LogP contribution in [0.2, 0.25) is 0 Å². The molecule has 0 unspecified atom stereocenters. The number of carbonyl (C=O) groups excluding carboxylic acids is 2. The van der Waals surface area contributed by atoms with Crippen molar-refractivity contribution in [2.24, 2.45) is 0 Å². The monoisotopic (exact) mass is 468 g/mol. The minimum atomic E-state index is -1.27. The molecule has 1 aromatic carbocycles. The predicted octanol–water partition coefficient (Wildman–Crippen LogP) is 3.43. The van der Waals surface area contributed by atoms with Gasteiger partial charge in [0, 0.05) is 30.0 Å². The Balaban J connectivity index is 1.73. The lowest BCUT2D eigenvalue weighted by molar-refractivity contribution is -0.110. The van der Waals surface area contributed by atoms with E-state index in [4.69, 9.17) is 0 Å². The van der Waals surface area contributed by atoms with Crippen LogP contribution in [0.4, 0.5) is 10.1 Å². The van der Waals surface area contributed by atoms with Crippen LogP contribution in [0.15, 0.2) is 12.1 Å². The van der Waals surface area contributed by atoms with E-state index in [0.29, 0.717) is 48.3 Å². The third-order valence-corrected chi connectivity index (χ3v) is 6.66. The van der Waals surface area contributed by atoms with Crippen molar-refractivity contribution in [2.45, 2.75) is 40.0 Å². The van der Waals surface area contributed by atoms with Gasteiger partial charge in [-0.15, -0.1) is 0 Å². The number of halogens is 1. The van der Waals surface area contributed by atoms with Crippen LogP contribution in [0.3, 0.4) is 0 Å². The number of amides is 2. The molecule has 2 heterocycles. The third kappa shape index (κ3) is 4.11. The Morgan fingerprint density at radius 1 is 1.21 bits per heavy atom. The van der Waals surface area contributed by atoms with E-state index in [0.717, 1.165) is 31.3 Å². The number of H-pyrrole nitrogens is 1. The van der Waals surface area contributed by atoms with Crippen LogP contribution in [0.5, 0.6) is 0 Å². The molecular formula is C25H29FN4O4. The van der Waals surface area contributed by atoms with Crippen molar-refractivity contribution in [2.75, 3.05) is 31.5 Å². The fourth-order valence-electron chi connectivity index (χ4n) is 4.92. The molecule has 8 nitrogen and oxygen atoms in total. The van der Waals surface area contributed by atoms with Gasteiger partial charge in [-0.3, -0.25) is 9.59 Å². The first kappa shape index (κ1) is 23.7. The van der Waals surface area contributed by atoms with E-state index in [-0.39, 0.29) is 28.3 Å². The number of aryl methyl sites for hydroxylation is 1. The minimum absolute atomic E-state index is 0.0118. The molecule has 0 saturated carbocycles. The molecule has 2 aliphatic rings. The fourth-order valence-corrected chi connectivity index (χ4v) is 4.92. The number of rotatable bonds is 7. The molecule has 9 heteroatoms. The zero-order chi connectivity index (χ0) is 24.6. The van der Waals surface area contributed by atoms with Crippen molar-refractivity contribution in [3.63, 3.8) is 0 Å². The Morgan fingerprint density at radius 2 is 1.94 bits per heavy atom. The lowest BCUT2D eigenvalue weighted by Crippen LogP contribution is -2.35. The van der Waals surface area contributed by atoms with Crippen LogP contribution in [0, 0.1) is 12.7 Å². The number of nitrogens with zero attached hydrogens (tertiary/aromatic N) is 1. The van der Waals surface area contributed by atoms with E-state index in [1.165, 1.54) is 6.07 Å². The van der Waals surface area contributed by atoms with Crippen molar-refractivity contribution in [3.8, 4) is 0 Å². The molecule has 180 valence electrons. The summed E-state index contributed by atoms with van der Waals surface area (Å²) in [5.41, 5.74) is 3.74. The molecule has 34 heavy (non-hydrogen) atoms. The number of carbonyl (C=O) groups is 3. The summed E-state index contributed by atoms with van der Waals surface area (Å²) in [6.07, 6.45) is 1.94. The minimum Gasteiger partial charge on any atom is -0.478 e. The number of aromatic nitrogens is 1. The topological polar surface area (TPSA) is 115 Å². The number of likely N-dealkylation sites (N-methyl/N-ethyl adjacent to an activating group) is 1. The van der Waals surface area contributed by atoms with Gasteiger partial charge in [0.15, 0.2) is 0 Å². The Labute approximate surface area is 197 Å². The van der Waals surface area contributed by atoms with Crippen LogP contribution >= 0.6 is 0 Å². The van der Waals surface area contributed by atoms with Crippen molar-refractivity contribution >= 4 is 34.6 Å². The summed E-state index contributed by atoms with van der Waals surface area (Å²) in [7, 11) is 0. The Morgan fingerprint density at radius 3 is 2.62 bits per heavy atom. The Hall–Kier alpha value is -3.46. The number of carboxylic acid groups (broad SMARTS) is 1. The van der Waals surface area contributed by atoms with Gasteiger partial charge in [-0.2, -0.15) is 0 Å². The maximum atomic E-state index is 14.6. The molecule has 4 rings (SSSR count). The molecule has 0 radical (unpaired) electrons. The summed E-state index contributed by atoms with van der Waals surface area (Å²) in [5.74, 6) is -2.69. The number of nitrogens with one attached hydrogen (secondary N) is 3. The number of aromatic carboxylic acids is 1. The lowest BCUT2D eigenvalue weighted by atomic mass is 9.85. The Kier molecular flexibility index (Phi) is 6.56. The number of fused-ring (bicyclic) bond motifs is 2. The van der Waals surface area contributed by atoms with Crippen LogP contribution < -0.4 is 10.6 Å². The van der Waals surface area contributed by atoms with Gasteiger partial charge >= 0.3 is 5.97 Å². The standard InChI is InChI=1S/C25H29FN4O4/c1-4-30(5-2)10-9-27-23(31)19-13(3)28-21-15(19)7-6-8-16(21)20-17-11-14(25(33)34)12-18(26)22(17)29-24(20)32/h11-12,28H,4-10H2,1-3H3,(H,27,31)(H,29,32)(H,33,34)/b20-16-. The van der Waals surface area contributed by atoms with E-state index < -0.39 is 17.7 Å². The molecule has 0 atom stereocenters. The second-order valence-corrected chi connectivity index (χ2v) is 8.61. The van der Waals surface area contributed by atoms with Crippen LogP contribution in [0.25, 0.3) is 11.1 Å². The quantitative estimate of drug-likeness (QED) is 0.465. The van der Waals surface area contributed by atoms with Gasteiger partial charge in [-0.25, -0.2) is 9.18 Å². The number of allylic oxidation sites excluding steroid dienone is 1. The fraction of sp³-hybridized carbons (Fsp3) is 0.400. The van der Waals surface area contributed by atoms with E-state index in [1.54, 1.807) is 0 Å². The molecule has 0 saturated heterocycles. The van der Waals surface area contributed by atoms with Crippen molar-refractivity contribution in [3.05, 3.63) is 51.6 Å². The highest BCUT2D eigenvalue weighted by atomic mass is 19.1. The summed E-state index contributed by atoms with van der Waals surface area (Å²) in [4.78, 5) is 42.9. The average Bonchev–Trinajstić information content (AvgIpc) is 3.32. The van der Waals surface area contributed by atoms with E-state index >= 15 is 0 Å². The largest absolute Gasteiger partial charge is 0.478 e. The second-order valence-electron chi connectivity index (χ2n) is 8.61. The van der Waals surface area contributed by atoms with Crippen molar-refractivity contribution in [1.29, 1.82) is 0 Å². The predicted molar refractivity (Wildman–Crippen MR) is 127 cm³/mol. The summed E-state index contributed by atoms with van der Waals surface area (Å²) in [5, 5.41) is 14.9. The summed E-state index contributed by atoms with van der Waals surface area (Å²) >= 11 is 0. The van der Waals surface area contributed by atoms with Gasteiger partial charge in [-0.05, 0) is 62.5 Å². The highest BCUT2D eigenvalue weighted by Crippen LogP contribution is 2.44. The number of hydrogen-bond acceptors (Lipinski definition) is 4. The molecule has 0 bridgehead atoms. The summed E-state index contributed by atoms with van der Waals surface area (Å²) in [6.45, 7) is 9.09. The van der Waals surface area contributed by atoms with Gasteiger partial charge < -0.3 is 25.6 Å². The SMILES string of the molecule is CCN(CC)CCNC(=O)c1c(C)[nH]c2c1CCC/C2=C1/C(=O)Nc2c(F)cc(C(=O)O)cc21. The first-order chi connectivity index (χ1) is 16.3. The molecule has 1 aromatic heterocycles. The lowest BCUT2D eigenvalue weighted by Gasteiger charge is -2.19. The van der Waals surface area contributed by atoms with Crippen LogP contribution in [0.1, 0.15) is 69.9 Å². The summed E-state index contributed by atoms with van der Waals surface area (Å²) in [6, 6.07) is 2.23. The second kappa shape index (κ2) is 9.42. The molecule has 2 aromatic rings. The smallest absolute Gasteiger partial charge is 0.335 e. The molecule has 0 spiro atoms. The van der Waals surface area contributed by atoms with E-state index in [1.807, 2.05) is 6.92 Å². The first-order valence-electron chi connectivity index (χ1n) is 11.6. The zero-order valence-electron chi connectivity index (χ0n) is 19.6. The van der Waals surface area contributed by atoms with Crippen LogP contribution in [-0.4, -0.2) is 59.0 Å². The van der Waals surface area contributed by atoms with Gasteiger partial charge in [0.05, 0.1) is 22.4 Å². The zero-order valence-corrected chi connectivity index (χ0v) is 19.6. The Bertz CT molecular complexity index is 1210. The molecule has 1 aliphatic carbocycles. The van der Waals surface area contributed by atoms with E-state index in [9.17, 15) is 23.9 Å². The molecular weight excluding hydrogens is 439 g/mol. The number of aromatic amines is 1. The number of anilines is 1. The van der Waals surface area contributed by atoms with Crippen LogP contribution in [-0.2, 0) is 11.2 Å². The number of hydrogen-bond donors (Lipinski definition) is 4.